The summed E-state index contributed by atoms with van der Waals surface area (Å²) in [7, 11) is 0. The van der Waals surface area contributed by atoms with Crippen LogP contribution in [0.4, 0.5) is 10.1 Å². The molecule has 1 heterocycles. The zero-order valence-corrected chi connectivity index (χ0v) is 19.0. The van der Waals surface area contributed by atoms with Gasteiger partial charge in [-0.05, 0) is 41.8 Å². The van der Waals surface area contributed by atoms with Crippen molar-refractivity contribution in [2.75, 3.05) is 38.5 Å². The van der Waals surface area contributed by atoms with Gasteiger partial charge in [-0.3, -0.25) is 9.69 Å². The van der Waals surface area contributed by atoms with Crippen LogP contribution in [0.2, 0.25) is 0 Å². The van der Waals surface area contributed by atoms with Crippen molar-refractivity contribution in [2.45, 2.75) is 20.5 Å². The lowest BCUT2D eigenvalue weighted by Gasteiger charge is -2.35. The van der Waals surface area contributed by atoms with Gasteiger partial charge in [0.2, 0.25) is 0 Å². The smallest absolute Gasteiger partial charge is 0.254 e. The Hall–Kier alpha value is -2.02. The highest BCUT2D eigenvalue weighted by Crippen LogP contribution is 2.24. The molecule has 1 saturated heterocycles. The summed E-state index contributed by atoms with van der Waals surface area (Å²) in [4.78, 5) is 17.1. The Morgan fingerprint density at radius 3 is 2.27 bits per heavy atom. The molecule has 0 aliphatic carbocycles. The first kappa shape index (κ1) is 26.0. The molecule has 1 aliphatic heterocycles. The van der Waals surface area contributed by atoms with Crippen LogP contribution < -0.4 is 10.5 Å². The number of rotatable bonds is 6. The van der Waals surface area contributed by atoms with Crippen LogP contribution in [-0.4, -0.2) is 48.4 Å². The minimum absolute atomic E-state index is 0. The van der Waals surface area contributed by atoms with Crippen molar-refractivity contribution in [3.8, 4) is 5.75 Å². The van der Waals surface area contributed by atoms with Crippen LogP contribution in [0.5, 0.6) is 5.75 Å². The van der Waals surface area contributed by atoms with E-state index in [1.54, 1.807) is 30.3 Å². The summed E-state index contributed by atoms with van der Waals surface area (Å²) in [5, 5.41) is 0. The van der Waals surface area contributed by atoms with Crippen molar-refractivity contribution in [2.24, 2.45) is 5.92 Å². The lowest BCUT2D eigenvalue weighted by Crippen LogP contribution is -2.49. The van der Waals surface area contributed by atoms with Crippen molar-refractivity contribution < 1.29 is 13.9 Å². The fourth-order valence-electron chi connectivity index (χ4n) is 3.39. The van der Waals surface area contributed by atoms with E-state index in [9.17, 15) is 9.18 Å². The van der Waals surface area contributed by atoms with E-state index in [1.165, 1.54) is 12.1 Å². The highest BCUT2D eigenvalue weighted by atomic mass is 35.5. The van der Waals surface area contributed by atoms with Crippen molar-refractivity contribution in [1.29, 1.82) is 0 Å². The standard InChI is InChI=1S/C22H28FN3O2.2ClH/c1-16(2)14-25-9-11-26(12-10-25)22(27)18-5-8-21(20(24)13-18)28-15-17-3-6-19(23)7-4-17;;/h3-8,13,16H,9-12,14-15,24H2,1-2H3;2*1H. The van der Waals surface area contributed by atoms with Gasteiger partial charge in [-0.15, -0.1) is 24.8 Å². The van der Waals surface area contributed by atoms with Crippen molar-refractivity contribution >= 4 is 36.4 Å². The Bertz CT molecular complexity index is 811. The molecule has 2 aromatic rings. The molecule has 0 spiro atoms. The van der Waals surface area contributed by atoms with Gasteiger partial charge in [0.05, 0.1) is 5.69 Å². The molecule has 0 unspecified atom stereocenters. The Labute approximate surface area is 190 Å². The van der Waals surface area contributed by atoms with Gasteiger partial charge < -0.3 is 15.4 Å². The Kier molecular flexibility index (Phi) is 10.4. The molecule has 1 aliphatic rings. The molecule has 0 atom stereocenters. The second-order valence-corrected chi connectivity index (χ2v) is 7.65. The number of hydrogen-bond acceptors (Lipinski definition) is 4. The van der Waals surface area contributed by atoms with Crippen LogP contribution in [0.1, 0.15) is 29.8 Å². The van der Waals surface area contributed by atoms with Crippen molar-refractivity contribution in [3.63, 3.8) is 0 Å². The number of benzene rings is 2. The number of ether oxygens (including phenoxy) is 1. The lowest BCUT2D eigenvalue weighted by molar-refractivity contribution is 0.0624. The van der Waals surface area contributed by atoms with Crippen LogP contribution >= 0.6 is 24.8 Å². The molecule has 0 bridgehead atoms. The molecule has 30 heavy (non-hydrogen) atoms. The molecular formula is C22H30Cl2FN3O2. The minimum Gasteiger partial charge on any atom is -0.487 e. The first-order valence-corrected chi connectivity index (χ1v) is 9.71. The highest BCUT2D eigenvalue weighted by Gasteiger charge is 2.23. The summed E-state index contributed by atoms with van der Waals surface area (Å²) in [6.45, 7) is 9.03. The van der Waals surface area contributed by atoms with Gasteiger partial charge in [0.25, 0.3) is 5.91 Å². The summed E-state index contributed by atoms with van der Waals surface area (Å²) in [5.74, 6) is 0.865. The Morgan fingerprint density at radius 1 is 1.07 bits per heavy atom. The molecule has 0 aromatic heterocycles. The van der Waals surface area contributed by atoms with Crippen LogP contribution in [0, 0.1) is 11.7 Å². The fourth-order valence-corrected chi connectivity index (χ4v) is 3.39. The maximum absolute atomic E-state index is 13.0. The maximum atomic E-state index is 13.0. The molecule has 0 radical (unpaired) electrons. The van der Waals surface area contributed by atoms with E-state index in [2.05, 4.69) is 18.7 Å². The summed E-state index contributed by atoms with van der Waals surface area (Å²) >= 11 is 0. The molecule has 3 rings (SSSR count). The molecule has 1 amide bonds. The number of carbonyl (C=O) groups is 1. The number of piperazine rings is 1. The molecule has 2 aromatic carbocycles. The number of nitrogen functional groups attached to an aromatic ring is 1. The number of hydrogen-bond donors (Lipinski definition) is 1. The van der Waals surface area contributed by atoms with Gasteiger partial charge in [0, 0.05) is 38.3 Å². The molecule has 5 nitrogen and oxygen atoms in total. The highest BCUT2D eigenvalue weighted by molar-refractivity contribution is 5.95. The fraction of sp³-hybridized carbons (Fsp3) is 0.409. The summed E-state index contributed by atoms with van der Waals surface area (Å²) < 4.78 is 18.7. The molecule has 2 N–H and O–H groups in total. The number of nitrogens with zero attached hydrogens (tertiary/aromatic N) is 2. The van der Waals surface area contributed by atoms with E-state index < -0.39 is 0 Å². The van der Waals surface area contributed by atoms with E-state index >= 15 is 0 Å². The van der Waals surface area contributed by atoms with Gasteiger partial charge in [-0.1, -0.05) is 26.0 Å². The monoisotopic (exact) mass is 457 g/mol. The topological polar surface area (TPSA) is 58.8 Å². The third-order valence-electron chi connectivity index (χ3n) is 4.85. The maximum Gasteiger partial charge on any atom is 0.254 e. The van der Waals surface area contributed by atoms with E-state index in [1.807, 2.05) is 4.90 Å². The first-order valence-electron chi connectivity index (χ1n) is 9.71. The second-order valence-electron chi connectivity index (χ2n) is 7.65. The van der Waals surface area contributed by atoms with Crippen LogP contribution in [0.15, 0.2) is 42.5 Å². The van der Waals surface area contributed by atoms with E-state index in [-0.39, 0.29) is 43.1 Å². The number of anilines is 1. The third-order valence-corrected chi connectivity index (χ3v) is 4.85. The normalized spacial score (nSPS) is 14.1. The van der Waals surface area contributed by atoms with Crippen molar-refractivity contribution in [3.05, 3.63) is 59.4 Å². The van der Waals surface area contributed by atoms with Gasteiger partial charge in [-0.25, -0.2) is 4.39 Å². The zero-order chi connectivity index (χ0) is 20.1. The number of halogens is 3. The van der Waals surface area contributed by atoms with Gasteiger partial charge in [0.15, 0.2) is 0 Å². The molecule has 166 valence electrons. The summed E-state index contributed by atoms with van der Waals surface area (Å²) in [6, 6.07) is 11.3. The van der Waals surface area contributed by atoms with Crippen molar-refractivity contribution in [1.82, 2.24) is 9.80 Å². The first-order chi connectivity index (χ1) is 13.4. The third kappa shape index (κ3) is 7.04. The zero-order valence-electron chi connectivity index (χ0n) is 17.3. The van der Waals surface area contributed by atoms with E-state index in [0.717, 1.165) is 38.3 Å². The van der Waals surface area contributed by atoms with Gasteiger partial charge in [-0.2, -0.15) is 0 Å². The van der Waals surface area contributed by atoms with Gasteiger partial charge in [0.1, 0.15) is 18.2 Å². The summed E-state index contributed by atoms with van der Waals surface area (Å²) in [6.07, 6.45) is 0. The largest absolute Gasteiger partial charge is 0.487 e. The molecule has 8 heteroatoms. The molecular weight excluding hydrogens is 428 g/mol. The number of amides is 1. The second kappa shape index (κ2) is 12.0. The minimum atomic E-state index is -0.281. The Morgan fingerprint density at radius 2 is 1.70 bits per heavy atom. The number of carbonyl (C=O) groups excluding carboxylic acids is 1. The predicted octanol–water partition coefficient (Wildman–Crippen LogP) is 4.24. The Balaban J connectivity index is 0.00000225. The number of nitrogens with two attached hydrogens (primary N) is 1. The van der Waals surface area contributed by atoms with Crippen LogP contribution in [0.3, 0.4) is 0 Å². The average Bonchev–Trinajstić information content (AvgIpc) is 2.68. The average molecular weight is 458 g/mol. The van der Waals surface area contributed by atoms with Crippen LogP contribution in [-0.2, 0) is 6.61 Å². The van der Waals surface area contributed by atoms with E-state index in [0.29, 0.717) is 22.9 Å². The predicted molar refractivity (Wildman–Crippen MR) is 123 cm³/mol. The quantitative estimate of drug-likeness (QED) is 0.658. The molecule has 0 saturated carbocycles. The molecule has 1 fully saturated rings. The SMILES string of the molecule is CC(C)CN1CCN(C(=O)c2ccc(OCc3ccc(F)cc3)c(N)c2)CC1.Cl.Cl. The van der Waals surface area contributed by atoms with Crippen LogP contribution in [0.25, 0.3) is 0 Å². The summed E-state index contributed by atoms with van der Waals surface area (Å²) in [5.41, 5.74) is 7.93. The van der Waals surface area contributed by atoms with E-state index in [4.69, 9.17) is 10.5 Å². The van der Waals surface area contributed by atoms with Gasteiger partial charge >= 0.3 is 0 Å². The lowest BCUT2D eigenvalue weighted by atomic mass is 10.1.